The zero-order valence-electron chi connectivity index (χ0n) is 16.6. The van der Waals surface area contributed by atoms with E-state index in [4.69, 9.17) is 4.98 Å². The van der Waals surface area contributed by atoms with Crippen molar-refractivity contribution in [3.05, 3.63) is 58.0 Å². The summed E-state index contributed by atoms with van der Waals surface area (Å²) in [5, 5.41) is 8.00. The van der Waals surface area contributed by atoms with Crippen molar-refractivity contribution in [1.82, 2.24) is 34.3 Å². The van der Waals surface area contributed by atoms with Crippen LogP contribution < -0.4 is 10.9 Å². The first-order valence-corrected chi connectivity index (χ1v) is 10.1. The number of imidazole rings is 1. The highest BCUT2D eigenvalue weighted by Crippen LogP contribution is 2.24. The number of fused-ring (bicyclic) bond motifs is 2. The second kappa shape index (κ2) is 7.04. The summed E-state index contributed by atoms with van der Waals surface area (Å²) in [7, 11) is 0. The van der Waals surface area contributed by atoms with Crippen LogP contribution in [0.4, 0.5) is 0 Å². The van der Waals surface area contributed by atoms with E-state index in [-0.39, 0.29) is 5.56 Å². The monoisotopic (exact) mass is 389 g/mol. The third-order valence-electron chi connectivity index (χ3n) is 5.62. The standard InChI is InChI=1S/C21H23N7O/c1-3-15-20(16-4-5-18-24-13(2)11-28(18)26-16)25-19-10-23-17(12-27(19)21(15)29)14-6-8-22-9-7-14/h4-5,10-12,14,22H,3,6-9H2,1-2H3. The molecule has 1 aliphatic heterocycles. The van der Waals surface area contributed by atoms with Gasteiger partial charge in [0.1, 0.15) is 11.4 Å². The number of rotatable bonds is 3. The molecule has 1 N–H and O–H groups in total. The first-order chi connectivity index (χ1) is 14.1. The lowest BCUT2D eigenvalue weighted by Gasteiger charge is -2.22. The van der Waals surface area contributed by atoms with Crippen LogP contribution in [0.2, 0.25) is 0 Å². The number of nitrogens with zero attached hydrogens (tertiary/aromatic N) is 6. The predicted molar refractivity (Wildman–Crippen MR) is 110 cm³/mol. The number of piperidine rings is 1. The number of hydrogen-bond acceptors (Lipinski definition) is 6. The lowest BCUT2D eigenvalue weighted by Crippen LogP contribution is -2.28. The molecule has 8 nitrogen and oxygen atoms in total. The Bertz CT molecular complexity index is 1270. The molecule has 0 aliphatic carbocycles. The molecule has 5 heterocycles. The molecule has 0 unspecified atom stereocenters. The lowest BCUT2D eigenvalue weighted by atomic mass is 9.95. The SMILES string of the molecule is CCc1c(-c2ccc3nc(C)cn3n2)nc2cnc(C3CCNCC3)cn2c1=O. The van der Waals surface area contributed by atoms with Gasteiger partial charge in [0, 0.05) is 17.7 Å². The number of hydrogen-bond donors (Lipinski definition) is 1. The Morgan fingerprint density at radius 2 is 1.97 bits per heavy atom. The van der Waals surface area contributed by atoms with E-state index in [1.165, 1.54) is 0 Å². The van der Waals surface area contributed by atoms with Gasteiger partial charge in [-0.2, -0.15) is 5.10 Å². The van der Waals surface area contributed by atoms with Gasteiger partial charge in [0.25, 0.3) is 5.56 Å². The summed E-state index contributed by atoms with van der Waals surface area (Å²) in [6.45, 7) is 5.87. The molecule has 0 spiro atoms. The van der Waals surface area contributed by atoms with E-state index in [0.717, 1.165) is 43.0 Å². The Balaban J connectivity index is 1.66. The smallest absolute Gasteiger partial charge is 0.261 e. The minimum Gasteiger partial charge on any atom is -0.317 e. The highest BCUT2D eigenvalue weighted by molar-refractivity contribution is 5.62. The van der Waals surface area contributed by atoms with Gasteiger partial charge < -0.3 is 5.32 Å². The third-order valence-corrected chi connectivity index (χ3v) is 5.62. The van der Waals surface area contributed by atoms with Crippen LogP contribution in [0.5, 0.6) is 0 Å². The number of nitrogens with one attached hydrogen (secondary N) is 1. The molecule has 29 heavy (non-hydrogen) atoms. The molecule has 0 amide bonds. The topological polar surface area (TPSA) is 89.5 Å². The van der Waals surface area contributed by atoms with Crippen LogP contribution in [0.1, 0.15) is 42.6 Å². The molecule has 5 rings (SSSR count). The highest BCUT2D eigenvalue weighted by Gasteiger charge is 2.19. The maximum atomic E-state index is 13.3. The quantitative estimate of drug-likeness (QED) is 0.577. The third kappa shape index (κ3) is 3.09. The normalized spacial score (nSPS) is 15.4. The van der Waals surface area contributed by atoms with E-state index < -0.39 is 0 Å². The van der Waals surface area contributed by atoms with Crippen LogP contribution >= 0.6 is 0 Å². The van der Waals surface area contributed by atoms with Crippen LogP contribution in [0, 0.1) is 6.92 Å². The van der Waals surface area contributed by atoms with Gasteiger partial charge in [-0.25, -0.2) is 14.5 Å². The van der Waals surface area contributed by atoms with Crippen LogP contribution in [-0.2, 0) is 6.42 Å². The molecule has 1 aliphatic rings. The Kier molecular flexibility index (Phi) is 4.35. The van der Waals surface area contributed by atoms with E-state index in [2.05, 4.69) is 20.4 Å². The Labute approximate surface area is 167 Å². The first-order valence-electron chi connectivity index (χ1n) is 10.1. The number of aryl methyl sites for hydroxylation is 1. The van der Waals surface area contributed by atoms with E-state index >= 15 is 0 Å². The van der Waals surface area contributed by atoms with Crippen LogP contribution in [0.25, 0.3) is 22.7 Å². The summed E-state index contributed by atoms with van der Waals surface area (Å²) in [6.07, 6.45) is 8.10. The summed E-state index contributed by atoms with van der Waals surface area (Å²) in [5.74, 6) is 0.380. The van der Waals surface area contributed by atoms with E-state index in [0.29, 0.717) is 34.9 Å². The fraction of sp³-hybridized carbons (Fsp3) is 0.381. The molecule has 0 aromatic carbocycles. The molecule has 0 saturated carbocycles. The highest BCUT2D eigenvalue weighted by atomic mass is 16.1. The van der Waals surface area contributed by atoms with Gasteiger partial charge in [0.15, 0.2) is 11.3 Å². The molecule has 0 atom stereocenters. The molecule has 148 valence electrons. The van der Waals surface area contributed by atoms with Gasteiger partial charge in [0.05, 0.1) is 23.8 Å². The molecule has 4 aromatic heterocycles. The van der Waals surface area contributed by atoms with E-state index in [1.807, 2.05) is 38.4 Å². The fourth-order valence-electron chi connectivity index (χ4n) is 4.09. The van der Waals surface area contributed by atoms with Crippen LogP contribution in [0.15, 0.2) is 35.5 Å². The summed E-state index contributed by atoms with van der Waals surface area (Å²) < 4.78 is 3.37. The largest absolute Gasteiger partial charge is 0.317 e. The molecule has 0 bridgehead atoms. The second-order valence-electron chi connectivity index (χ2n) is 7.57. The molecular formula is C21H23N7O. The van der Waals surface area contributed by atoms with E-state index in [9.17, 15) is 4.79 Å². The summed E-state index contributed by atoms with van der Waals surface area (Å²) in [4.78, 5) is 27.1. The van der Waals surface area contributed by atoms with Crippen molar-refractivity contribution in [3.63, 3.8) is 0 Å². The molecule has 8 heteroatoms. The Morgan fingerprint density at radius 1 is 1.14 bits per heavy atom. The average molecular weight is 389 g/mol. The van der Waals surface area contributed by atoms with Gasteiger partial charge in [-0.05, 0) is 51.4 Å². The van der Waals surface area contributed by atoms with Crippen LogP contribution in [-0.4, -0.2) is 42.1 Å². The van der Waals surface area contributed by atoms with Crippen molar-refractivity contribution in [2.45, 2.75) is 39.0 Å². The van der Waals surface area contributed by atoms with Gasteiger partial charge in [-0.15, -0.1) is 0 Å². The predicted octanol–water partition coefficient (Wildman–Crippen LogP) is 2.14. The maximum Gasteiger partial charge on any atom is 0.261 e. The van der Waals surface area contributed by atoms with Crippen molar-refractivity contribution < 1.29 is 0 Å². The van der Waals surface area contributed by atoms with Gasteiger partial charge in [-0.1, -0.05) is 6.92 Å². The second-order valence-corrected chi connectivity index (χ2v) is 7.57. The minimum absolute atomic E-state index is 0.0474. The zero-order valence-corrected chi connectivity index (χ0v) is 16.6. The average Bonchev–Trinajstić information content (AvgIpc) is 3.13. The summed E-state index contributed by atoms with van der Waals surface area (Å²) in [5.41, 5.74) is 5.06. The zero-order chi connectivity index (χ0) is 20.0. The summed E-state index contributed by atoms with van der Waals surface area (Å²) >= 11 is 0. The van der Waals surface area contributed by atoms with Crippen molar-refractivity contribution in [3.8, 4) is 11.4 Å². The maximum absolute atomic E-state index is 13.3. The van der Waals surface area contributed by atoms with Gasteiger partial charge in [0.2, 0.25) is 0 Å². The lowest BCUT2D eigenvalue weighted by molar-refractivity contribution is 0.452. The summed E-state index contributed by atoms with van der Waals surface area (Å²) in [6, 6.07) is 3.77. The van der Waals surface area contributed by atoms with Crippen molar-refractivity contribution in [2.24, 2.45) is 0 Å². The van der Waals surface area contributed by atoms with E-state index in [1.54, 1.807) is 15.1 Å². The Hall–Kier alpha value is -3.13. The van der Waals surface area contributed by atoms with Crippen LogP contribution in [0.3, 0.4) is 0 Å². The minimum atomic E-state index is -0.0474. The fourth-order valence-corrected chi connectivity index (χ4v) is 4.09. The van der Waals surface area contributed by atoms with Crippen molar-refractivity contribution in [2.75, 3.05) is 13.1 Å². The van der Waals surface area contributed by atoms with Crippen molar-refractivity contribution in [1.29, 1.82) is 0 Å². The molecular weight excluding hydrogens is 366 g/mol. The van der Waals surface area contributed by atoms with Gasteiger partial charge in [-0.3, -0.25) is 14.2 Å². The van der Waals surface area contributed by atoms with Crippen molar-refractivity contribution >= 4 is 11.3 Å². The molecule has 1 fully saturated rings. The number of aromatic nitrogens is 6. The first kappa shape index (κ1) is 17.9. The van der Waals surface area contributed by atoms with Gasteiger partial charge >= 0.3 is 0 Å². The molecule has 0 radical (unpaired) electrons. The molecule has 4 aromatic rings. The molecule has 1 saturated heterocycles. The Morgan fingerprint density at radius 3 is 2.76 bits per heavy atom.